The Morgan fingerprint density at radius 1 is 0.783 bits per heavy atom. The summed E-state index contributed by atoms with van der Waals surface area (Å²) in [7, 11) is 0. The maximum Gasteiger partial charge on any atom is 0.236 e. The summed E-state index contributed by atoms with van der Waals surface area (Å²) in [6, 6.07) is 0. The number of hydrogen-bond donors (Lipinski definition) is 2. The molecule has 2 bridgehead atoms. The fraction of sp³-hybridized carbons (Fsp3) is 0.929. The van der Waals surface area contributed by atoms with Crippen molar-refractivity contribution in [2.24, 2.45) is 0 Å². The average Bonchev–Trinajstić information content (AvgIpc) is 2.55. The van der Waals surface area contributed by atoms with Gasteiger partial charge in [-0.2, -0.15) is 0 Å². The van der Waals surface area contributed by atoms with E-state index >= 15 is 0 Å². The monoisotopic (exact) mass is 332 g/mol. The van der Waals surface area contributed by atoms with E-state index in [4.69, 9.17) is 10.5 Å². The molecule has 0 spiro atoms. The Hall–Kier alpha value is -0.810. The van der Waals surface area contributed by atoms with Crippen molar-refractivity contribution in [2.75, 3.05) is 85.2 Å². The highest BCUT2D eigenvalue weighted by molar-refractivity contribution is 5.79. The number of carbonyl (C=O) groups is 1. The van der Waals surface area contributed by atoms with Gasteiger partial charge in [0.25, 0.3) is 0 Å². The van der Waals surface area contributed by atoms with Crippen LogP contribution in [0.2, 0.25) is 0 Å². The van der Waals surface area contributed by atoms with Crippen molar-refractivity contribution >= 4 is 5.91 Å². The molecule has 3 aliphatic rings. The van der Waals surface area contributed by atoms with Crippen LogP contribution in [0.25, 0.3) is 0 Å². The van der Waals surface area contributed by atoms with Crippen molar-refractivity contribution in [3.63, 3.8) is 0 Å². The first-order chi connectivity index (χ1) is 11.2. The predicted octanol–water partition coefficient (Wildman–Crippen LogP) is -1.27. The summed E-state index contributed by atoms with van der Waals surface area (Å²) in [5, 5.41) is 17.1. The molecule has 3 aliphatic heterocycles. The molecule has 23 heavy (non-hydrogen) atoms. The van der Waals surface area contributed by atoms with Gasteiger partial charge in [0, 0.05) is 65.4 Å². The van der Waals surface area contributed by atoms with Crippen LogP contribution in [-0.4, -0.2) is 121 Å². The van der Waals surface area contributed by atoms with E-state index < -0.39 is 0 Å². The van der Waals surface area contributed by atoms with Crippen LogP contribution in [0, 0.1) is 0 Å². The maximum atomic E-state index is 12.2. The van der Waals surface area contributed by atoms with Gasteiger partial charge >= 0.3 is 0 Å². The summed E-state index contributed by atoms with van der Waals surface area (Å²) < 4.78 is 0. The fourth-order valence-electron chi connectivity index (χ4n) is 3.02. The van der Waals surface area contributed by atoms with Gasteiger partial charge in [0.05, 0.1) is 19.8 Å². The summed E-state index contributed by atoms with van der Waals surface area (Å²) in [5.41, 5.74) is 0. The highest BCUT2D eigenvalue weighted by atomic mass is 17.1. The van der Waals surface area contributed by atoms with Gasteiger partial charge < -0.3 is 4.90 Å². The van der Waals surface area contributed by atoms with E-state index in [1.807, 2.05) is 4.90 Å². The smallest absolute Gasteiger partial charge is 0.236 e. The third-order valence-corrected chi connectivity index (χ3v) is 4.55. The summed E-state index contributed by atoms with van der Waals surface area (Å²) in [4.78, 5) is 29.1. The van der Waals surface area contributed by atoms with Gasteiger partial charge in [-0.25, -0.2) is 9.78 Å². The van der Waals surface area contributed by atoms with E-state index in [2.05, 4.69) is 24.5 Å². The Balaban J connectivity index is 1.96. The molecular formula is C14H28N4O5. The zero-order valence-electron chi connectivity index (χ0n) is 13.6. The Labute approximate surface area is 136 Å². The van der Waals surface area contributed by atoms with Crippen LogP contribution in [0.1, 0.15) is 0 Å². The van der Waals surface area contributed by atoms with Gasteiger partial charge in [0.15, 0.2) is 0 Å². The second-order valence-electron chi connectivity index (χ2n) is 6.01. The van der Waals surface area contributed by atoms with Crippen LogP contribution < -0.4 is 0 Å². The molecule has 0 aromatic heterocycles. The SMILES string of the molecule is O=C1CN2CCN(CCOO)CCN(CCOO)CCN1CC2. The van der Waals surface area contributed by atoms with Crippen LogP contribution in [-0.2, 0) is 14.6 Å². The molecule has 0 radical (unpaired) electrons. The van der Waals surface area contributed by atoms with E-state index in [9.17, 15) is 4.79 Å². The molecule has 9 nitrogen and oxygen atoms in total. The van der Waals surface area contributed by atoms with E-state index in [-0.39, 0.29) is 19.1 Å². The minimum Gasteiger partial charge on any atom is -0.339 e. The van der Waals surface area contributed by atoms with Crippen molar-refractivity contribution in [1.82, 2.24) is 19.6 Å². The first-order valence-corrected chi connectivity index (χ1v) is 8.20. The quantitative estimate of drug-likeness (QED) is 0.460. The first-order valence-electron chi connectivity index (χ1n) is 8.20. The normalized spacial score (nSPS) is 25.4. The molecule has 2 N–H and O–H groups in total. The third-order valence-electron chi connectivity index (χ3n) is 4.55. The van der Waals surface area contributed by atoms with Gasteiger partial charge in [-0.15, -0.1) is 0 Å². The molecule has 1 atom stereocenters. The Kier molecular flexibility index (Phi) is 8.17. The van der Waals surface area contributed by atoms with Gasteiger partial charge in [-0.1, -0.05) is 0 Å². The lowest BCUT2D eigenvalue weighted by atomic mass is 10.2. The molecular weight excluding hydrogens is 304 g/mol. The number of hydrogen-bond acceptors (Lipinski definition) is 8. The molecule has 3 saturated heterocycles. The van der Waals surface area contributed by atoms with E-state index in [1.165, 1.54) is 0 Å². The highest BCUT2D eigenvalue weighted by Gasteiger charge is 2.25. The average molecular weight is 332 g/mol. The first kappa shape index (κ1) is 18.5. The summed E-state index contributed by atoms with van der Waals surface area (Å²) in [5.74, 6) is 0.181. The lowest BCUT2D eigenvalue weighted by Gasteiger charge is -2.38. The molecule has 1 amide bonds. The zero-order chi connectivity index (χ0) is 16.5. The van der Waals surface area contributed by atoms with Crippen LogP contribution in [0.4, 0.5) is 0 Å². The molecule has 9 heteroatoms. The van der Waals surface area contributed by atoms with Gasteiger partial charge in [-0.3, -0.25) is 30.0 Å². The topological polar surface area (TPSA) is 89.0 Å². The summed E-state index contributed by atoms with van der Waals surface area (Å²) in [6.07, 6.45) is 0. The van der Waals surface area contributed by atoms with Crippen molar-refractivity contribution in [2.45, 2.75) is 0 Å². The minimum absolute atomic E-state index is 0.181. The van der Waals surface area contributed by atoms with E-state index in [0.717, 1.165) is 45.8 Å². The van der Waals surface area contributed by atoms with E-state index in [1.54, 1.807) is 0 Å². The lowest BCUT2D eigenvalue weighted by Crippen LogP contribution is -2.54. The second kappa shape index (κ2) is 10.1. The standard InChI is InChI=1S/C14H28N4O5/c19-14-13-17-4-3-15(9-11-22-20)1-2-16(10-12-23-21)5-7-18(14)8-6-17/h20-21H,1-13H2. The molecule has 0 aliphatic carbocycles. The molecule has 3 rings (SSSR count). The Morgan fingerprint density at radius 3 is 1.83 bits per heavy atom. The number of nitrogens with zero attached hydrogens (tertiary/aromatic N) is 4. The van der Waals surface area contributed by atoms with E-state index in [0.29, 0.717) is 26.2 Å². The third kappa shape index (κ3) is 6.30. The molecule has 134 valence electrons. The van der Waals surface area contributed by atoms with Crippen molar-refractivity contribution in [1.29, 1.82) is 0 Å². The molecule has 0 saturated carbocycles. The maximum absolute atomic E-state index is 12.2. The molecule has 0 aromatic carbocycles. The number of carbonyl (C=O) groups excluding carboxylic acids is 1. The van der Waals surface area contributed by atoms with Crippen molar-refractivity contribution in [3.05, 3.63) is 0 Å². The summed E-state index contributed by atoms with van der Waals surface area (Å²) in [6.45, 7) is 8.73. The largest absolute Gasteiger partial charge is 0.339 e. The van der Waals surface area contributed by atoms with Crippen LogP contribution in [0.3, 0.4) is 0 Å². The Morgan fingerprint density at radius 2 is 1.26 bits per heavy atom. The number of piperazine rings is 1. The van der Waals surface area contributed by atoms with Crippen LogP contribution in [0.5, 0.6) is 0 Å². The number of fused-ring (bicyclic) bond motifs is 9. The summed E-state index contributed by atoms with van der Waals surface area (Å²) >= 11 is 0. The Bertz CT molecular complexity index is 360. The second-order valence-corrected chi connectivity index (χ2v) is 6.01. The van der Waals surface area contributed by atoms with Crippen molar-refractivity contribution in [3.8, 4) is 0 Å². The molecule has 3 heterocycles. The van der Waals surface area contributed by atoms with Crippen LogP contribution in [0.15, 0.2) is 0 Å². The number of rotatable bonds is 6. The van der Waals surface area contributed by atoms with Gasteiger partial charge in [0.1, 0.15) is 0 Å². The lowest BCUT2D eigenvalue weighted by molar-refractivity contribution is -0.245. The van der Waals surface area contributed by atoms with Gasteiger partial charge in [0.2, 0.25) is 5.91 Å². The molecule has 0 aromatic rings. The molecule has 1 unspecified atom stereocenters. The fourth-order valence-corrected chi connectivity index (χ4v) is 3.02. The molecule has 3 fully saturated rings. The number of amides is 1. The highest BCUT2D eigenvalue weighted by Crippen LogP contribution is 2.06. The predicted molar refractivity (Wildman–Crippen MR) is 83.1 cm³/mol. The zero-order valence-corrected chi connectivity index (χ0v) is 13.6. The van der Waals surface area contributed by atoms with Gasteiger partial charge in [-0.05, 0) is 0 Å². The van der Waals surface area contributed by atoms with Crippen LogP contribution >= 0.6 is 0 Å². The minimum atomic E-state index is 0.181. The van der Waals surface area contributed by atoms with Crippen molar-refractivity contribution < 1.29 is 25.1 Å².